The fourth-order valence-corrected chi connectivity index (χ4v) is 0.0873. The first-order chi connectivity index (χ1) is 3.50. The maximum atomic E-state index is 9.80. The quantitative estimate of drug-likeness (QED) is 0.306. The first kappa shape index (κ1) is 7.35. The van der Waals surface area contributed by atoms with Crippen molar-refractivity contribution < 1.29 is 15.0 Å². The van der Waals surface area contributed by atoms with E-state index in [1.165, 1.54) is 0 Å². The topological polar surface area (TPSA) is 110 Å². The van der Waals surface area contributed by atoms with Crippen LogP contribution in [-0.4, -0.2) is 28.5 Å². The average Bonchev–Trinajstić information content (AvgIpc) is 1.67. The normalized spacial score (nSPS) is 17.4. The summed E-state index contributed by atoms with van der Waals surface area (Å²) in [5.41, 5.74) is 7.18. The second kappa shape index (κ2) is 2.08. The van der Waals surface area contributed by atoms with Gasteiger partial charge in [0.05, 0.1) is 0 Å². The first-order valence-electron chi connectivity index (χ1n) is 1.95. The van der Waals surface area contributed by atoms with E-state index in [-0.39, 0.29) is 0 Å². The molecule has 0 saturated carbocycles. The van der Waals surface area contributed by atoms with Gasteiger partial charge in [0.15, 0.2) is 0 Å². The highest BCUT2D eigenvalue weighted by Gasteiger charge is 2.28. The molecule has 0 bridgehead atoms. The van der Waals surface area contributed by atoms with Gasteiger partial charge in [0.2, 0.25) is 5.72 Å². The highest BCUT2D eigenvalue weighted by atomic mass is 16.4. The molecule has 6 N–H and O–H groups in total. The molecule has 0 spiro atoms. The Morgan fingerprint density at radius 2 is 2.12 bits per heavy atom. The van der Waals surface area contributed by atoms with Crippen molar-refractivity contribution >= 4 is 5.97 Å². The highest BCUT2D eigenvalue weighted by Crippen LogP contribution is 1.88. The standard InChI is InChI=1S/C3H8N2O3/c4-1-3(5,8)2(6)7/h8H,1,4-5H2,(H,6,7)/t3-/m0/s1. The number of carboxylic acid groups (broad SMARTS) is 1. The molecular weight excluding hydrogens is 112 g/mol. The number of hydrogen-bond acceptors (Lipinski definition) is 4. The number of nitrogens with two attached hydrogens (primary N) is 2. The molecule has 0 heterocycles. The number of rotatable bonds is 2. The minimum atomic E-state index is -2.26. The van der Waals surface area contributed by atoms with Crippen molar-refractivity contribution in [2.45, 2.75) is 5.72 Å². The zero-order valence-electron chi connectivity index (χ0n) is 4.16. The Kier molecular flexibility index (Phi) is 1.91. The highest BCUT2D eigenvalue weighted by molar-refractivity contribution is 5.76. The second-order valence-electron chi connectivity index (χ2n) is 1.43. The Morgan fingerprint density at radius 1 is 1.75 bits per heavy atom. The van der Waals surface area contributed by atoms with E-state index >= 15 is 0 Å². The molecule has 1 atom stereocenters. The van der Waals surface area contributed by atoms with Crippen LogP contribution in [-0.2, 0) is 4.79 Å². The van der Waals surface area contributed by atoms with E-state index in [1.807, 2.05) is 0 Å². The van der Waals surface area contributed by atoms with E-state index in [0.717, 1.165) is 0 Å². The van der Waals surface area contributed by atoms with E-state index in [2.05, 4.69) is 5.73 Å². The van der Waals surface area contributed by atoms with Gasteiger partial charge in [0, 0.05) is 6.54 Å². The van der Waals surface area contributed by atoms with Gasteiger partial charge in [0.1, 0.15) is 0 Å². The maximum absolute atomic E-state index is 9.80. The SMILES string of the molecule is NC[C@](N)(O)C(=O)O. The van der Waals surface area contributed by atoms with E-state index in [1.54, 1.807) is 0 Å². The van der Waals surface area contributed by atoms with Crippen molar-refractivity contribution in [1.29, 1.82) is 0 Å². The van der Waals surface area contributed by atoms with Crippen molar-refractivity contribution in [2.75, 3.05) is 6.54 Å². The largest absolute Gasteiger partial charge is 0.478 e. The van der Waals surface area contributed by atoms with Crippen molar-refractivity contribution in [3.05, 3.63) is 0 Å². The predicted molar refractivity (Wildman–Crippen MR) is 25.8 cm³/mol. The Morgan fingerprint density at radius 3 is 2.12 bits per heavy atom. The van der Waals surface area contributed by atoms with E-state index in [0.29, 0.717) is 0 Å². The number of aliphatic hydroxyl groups is 1. The molecule has 0 radical (unpaired) electrons. The zero-order chi connectivity index (χ0) is 6.78. The van der Waals surface area contributed by atoms with Crippen LogP contribution in [0.1, 0.15) is 0 Å². The summed E-state index contributed by atoms with van der Waals surface area (Å²) in [4.78, 5) is 9.80. The van der Waals surface area contributed by atoms with E-state index in [4.69, 9.17) is 15.9 Å². The molecule has 0 fully saturated rings. The van der Waals surface area contributed by atoms with Crippen LogP contribution >= 0.6 is 0 Å². The average molecular weight is 120 g/mol. The third kappa shape index (κ3) is 1.45. The van der Waals surface area contributed by atoms with E-state index < -0.39 is 18.2 Å². The molecule has 48 valence electrons. The molecule has 0 aliphatic rings. The minimum Gasteiger partial charge on any atom is -0.478 e. The van der Waals surface area contributed by atoms with Crippen molar-refractivity contribution in [2.24, 2.45) is 11.5 Å². The lowest BCUT2D eigenvalue weighted by Crippen LogP contribution is -2.53. The van der Waals surface area contributed by atoms with Crippen molar-refractivity contribution in [1.82, 2.24) is 0 Å². The third-order valence-corrected chi connectivity index (χ3v) is 0.682. The Hall–Kier alpha value is -0.650. The fourth-order valence-electron chi connectivity index (χ4n) is 0.0873. The Labute approximate surface area is 45.9 Å². The van der Waals surface area contributed by atoms with Crippen LogP contribution in [0.4, 0.5) is 0 Å². The number of hydrogen-bond donors (Lipinski definition) is 4. The summed E-state index contributed by atoms with van der Waals surface area (Å²) < 4.78 is 0. The summed E-state index contributed by atoms with van der Waals surface area (Å²) in [6.45, 7) is -0.484. The lowest BCUT2D eigenvalue weighted by molar-refractivity contribution is -0.156. The number of carboxylic acids is 1. The van der Waals surface area contributed by atoms with Crippen molar-refractivity contribution in [3.63, 3.8) is 0 Å². The number of aliphatic carboxylic acids is 1. The molecule has 8 heavy (non-hydrogen) atoms. The second-order valence-corrected chi connectivity index (χ2v) is 1.43. The van der Waals surface area contributed by atoms with Crippen LogP contribution in [0.3, 0.4) is 0 Å². The monoisotopic (exact) mass is 120 g/mol. The van der Waals surface area contributed by atoms with Gasteiger partial charge >= 0.3 is 5.97 Å². The Balaban J connectivity index is 3.91. The molecule has 0 rings (SSSR count). The van der Waals surface area contributed by atoms with Crippen LogP contribution in [0.5, 0.6) is 0 Å². The minimum absolute atomic E-state index is 0.484. The summed E-state index contributed by atoms with van der Waals surface area (Å²) in [5, 5.41) is 16.4. The lowest BCUT2D eigenvalue weighted by Gasteiger charge is -2.13. The smallest absolute Gasteiger partial charge is 0.352 e. The van der Waals surface area contributed by atoms with Gasteiger partial charge in [-0.1, -0.05) is 0 Å². The molecule has 0 unspecified atom stereocenters. The van der Waals surface area contributed by atoms with Gasteiger partial charge in [-0.2, -0.15) is 0 Å². The molecule has 5 nitrogen and oxygen atoms in total. The van der Waals surface area contributed by atoms with Crippen LogP contribution in [0.2, 0.25) is 0 Å². The van der Waals surface area contributed by atoms with Crippen molar-refractivity contribution in [3.8, 4) is 0 Å². The summed E-state index contributed by atoms with van der Waals surface area (Å²) in [6.07, 6.45) is 0. The van der Waals surface area contributed by atoms with Gasteiger partial charge in [0.25, 0.3) is 0 Å². The Bertz CT molecular complexity index is 101. The van der Waals surface area contributed by atoms with Crippen LogP contribution < -0.4 is 11.5 Å². The molecule has 0 aromatic carbocycles. The predicted octanol–water partition coefficient (Wildman–Crippen LogP) is -2.32. The van der Waals surface area contributed by atoms with Crippen LogP contribution in [0.15, 0.2) is 0 Å². The molecular formula is C3H8N2O3. The molecule has 0 amide bonds. The van der Waals surface area contributed by atoms with Gasteiger partial charge in [-0.05, 0) is 0 Å². The zero-order valence-corrected chi connectivity index (χ0v) is 4.16. The van der Waals surface area contributed by atoms with Gasteiger partial charge in [-0.15, -0.1) is 0 Å². The molecule has 0 aliphatic heterocycles. The summed E-state index contributed by atoms with van der Waals surface area (Å²) in [7, 11) is 0. The third-order valence-electron chi connectivity index (χ3n) is 0.682. The molecule has 0 aromatic rings. The van der Waals surface area contributed by atoms with E-state index in [9.17, 15) is 4.79 Å². The maximum Gasteiger partial charge on any atom is 0.352 e. The molecule has 0 aromatic heterocycles. The molecule has 0 aliphatic carbocycles. The fraction of sp³-hybridized carbons (Fsp3) is 0.667. The summed E-state index contributed by atoms with van der Waals surface area (Å²) in [6, 6.07) is 0. The lowest BCUT2D eigenvalue weighted by atomic mass is 10.2. The van der Waals surface area contributed by atoms with Gasteiger partial charge < -0.3 is 15.9 Å². The van der Waals surface area contributed by atoms with Crippen LogP contribution in [0.25, 0.3) is 0 Å². The number of carbonyl (C=O) groups is 1. The summed E-state index contributed by atoms with van der Waals surface area (Å²) >= 11 is 0. The molecule has 0 saturated heterocycles. The van der Waals surface area contributed by atoms with Gasteiger partial charge in [-0.25, -0.2) is 4.79 Å². The molecule has 5 heteroatoms. The summed E-state index contributed by atoms with van der Waals surface area (Å²) in [5.74, 6) is -1.51. The van der Waals surface area contributed by atoms with Gasteiger partial charge in [-0.3, -0.25) is 5.73 Å². The van der Waals surface area contributed by atoms with Crippen LogP contribution in [0, 0.1) is 0 Å². The first-order valence-corrected chi connectivity index (χ1v) is 1.95.